The predicted octanol–water partition coefficient (Wildman–Crippen LogP) is 4.22. The first-order valence-corrected chi connectivity index (χ1v) is 9.04. The van der Waals surface area contributed by atoms with Crippen LogP contribution in [0.1, 0.15) is 52.9 Å². The zero-order valence-electron chi connectivity index (χ0n) is 14.1. The number of nitrogens with one attached hydrogen (secondary N) is 1. The van der Waals surface area contributed by atoms with Gasteiger partial charge in [-0.15, -0.1) is 11.3 Å². The Bertz CT molecular complexity index is 685. The molecule has 1 unspecified atom stereocenters. The number of amides is 1. The van der Waals surface area contributed by atoms with Gasteiger partial charge in [-0.3, -0.25) is 9.78 Å². The number of rotatable bonds is 3. The summed E-state index contributed by atoms with van der Waals surface area (Å²) in [6.45, 7) is 7.48. The Labute approximate surface area is 142 Å². The summed E-state index contributed by atoms with van der Waals surface area (Å²) in [4.78, 5) is 18.7. The molecule has 0 aromatic carbocycles. The third-order valence-electron chi connectivity index (χ3n) is 4.71. The van der Waals surface area contributed by atoms with Crippen LogP contribution in [0.15, 0.2) is 30.6 Å². The van der Waals surface area contributed by atoms with Crippen LogP contribution in [-0.2, 0) is 19.4 Å². The summed E-state index contributed by atoms with van der Waals surface area (Å²) in [5.41, 5.74) is 2.74. The van der Waals surface area contributed by atoms with Crippen LogP contribution < -0.4 is 5.32 Å². The molecule has 0 saturated heterocycles. The summed E-state index contributed by atoms with van der Waals surface area (Å²) < 4.78 is 0. The molecule has 0 fully saturated rings. The highest BCUT2D eigenvalue weighted by Crippen LogP contribution is 2.40. The summed E-state index contributed by atoms with van der Waals surface area (Å²) in [7, 11) is 0. The fourth-order valence-corrected chi connectivity index (χ4v) is 4.27. The zero-order chi connectivity index (χ0) is 16.4. The number of carbonyl (C=O) groups excluding carboxylic acids is 1. The molecule has 0 radical (unpaired) electrons. The number of fused-ring (bicyclic) bond motifs is 1. The molecular weight excluding hydrogens is 304 g/mol. The van der Waals surface area contributed by atoms with E-state index < -0.39 is 0 Å². The summed E-state index contributed by atoms with van der Waals surface area (Å²) in [5, 5.41) is 3.00. The first-order valence-electron chi connectivity index (χ1n) is 8.22. The second kappa shape index (κ2) is 6.44. The molecular formula is C19H24N2OS. The number of aromatic nitrogens is 1. The maximum Gasteiger partial charge on any atom is 0.261 e. The van der Waals surface area contributed by atoms with E-state index >= 15 is 0 Å². The van der Waals surface area contributed by atoms with Crippen LogP contribution in [0, 0.1) is 11.3 Å². The lowest BCUT2D eigenvalue weighted by Crippen LogP contribution is -2.26. The monoisotopic (exact) mass is 328 g/mol. The van der Waals surface area contributed by atoms with Gasteiger partial charge in [-0.2, -0.15) is 0 Å². The molecule has 23 heavy (non-hydrogen) atoms. The van der Waals surface area contributed by atoms with Gasteiger partial charge in [0.1, 0.15) is 0 Å². The van der Waals surface area contributed by atoms with E-state index in [1.165, 1.54) is 16.9 Å². The lowest BCUT2D eigenvalue weighted by molar-refractivity contribution is 0.0955. The Morgan fingerprint density at radius 2 is 2.26 bits per heavy atom. The number of aryl methyl sites for hydroxylation is 1. The fourth-order valence-electron chi connectivity index (χ4n) is 3.15. The van der Waals surface area contributed by atoms with Gasteiger partial charge in [0.25, 0.3) is 5.91 Å². The second-order valence-electron chi connectivity index (χ2n) is 7.41. The molecule has 3 rings (SSSR count). The maximum atomic E-state index is 12.4. The van der Waals surface area contributed by atoms with Crippen LogP contribution in [0.4, 0.5) is 0 Å². The number of hydrogen-bond donors (Lipinski definition) is 1. The summed E-state index contributed by atoms with van der Waals surface area (Å²) >= 11 is 1.66. The normalized spacial score (nSPS) is 17.6. The van der Waals surface area contributed by atoms with Crippen LogP contribution >= 0.6 is 11.3 Å². The van der Waals surface area contributed by atoms with Gasteiger partial charge >= 0.3 is 0 Å². The third-order valence-corrected chi connectivity index (χ3v) is 5.94. The number of carbonyl (C=O) groups is 1. The molecule has 1 aliphatic rings. The minimum atomic E-state index is 0.0283. The number of thiophene rings is 1. The Hall–Kier alpha value is -1.68. The van der Waals surface area contributed by atoms with Gasteiger partial charge < -0.3 is 5.32 Å². The van der Waals surface area contributed by atoms with Gasteiger partial charge in [0, 0.05) is 23.8 Å². The van der Waals surface area contributed by atoms with Gasteiger partial charge in [-0.25, -0.2) is 0 Å². The van der Waals surface area contributed by atoms with Crippen molar-refractivity contribution >= 4 is 17.2 Å². The van der Waals surface area contributed by atoms with E-state index in [0.717, 1.165) is 23.3 Å². The van der Waals surface area contributed by atoms with Crippen LogP contribution in [0.25, 0.3) is 0 Å². The van der Waals surface area contributed by atoms with Crippen LogP contribution in [-0.4, -0.2) is 10.9 Å². The van der Waals surface area contributed by atoms with Crippen molar-refractivity contribution in [1.82, 2.24) is 10.3 Å². The van der Waals surface area contributed by atoms with Crippen molar-refractivity contribution in [3.8, 4) is 0 Å². The van der Waals surface area contributed by atoms with Gasteiger partial charge in [0.05, 0.1) is 4.88 Å². The fraction of sp³-hybridized carbons (Fsp3) is 0.474. The van der Waals surface area contributed by atoms with Crippen molar-refractivity contribution in [3.05, 3.63) is 51.5 Å². The Kier molecular flexibility index (Phi) is 4.53. The Morgan fingerprint density at radius 1 is 1.43 bits per heavy atom. The third kappa shape index (κ3) is 3.81. The van der Waals surface area contributed by atoms with Crippen LogP contribution in [0.2, 0.25) is 0 Å². The lowest BCUT2D eigenvalue weighted by atomic mass is 9.72. The quantitative estimate of drug-likeness (QED) is 0.916. The molecule has 0 spiro atoms. The standard InChI is InChI=1S/C19H24N2OS/c1-19(2,3)15-6-7-16-14(9-15)10-17(23-16)18(22)21-12-13-5-4-8-20-11-13/h4-5,8,10-11,15H,6-7,9,12H2,1-3H3,(H,21,22). The lowest BCUT2D eigenvalue weighted by Gasteiger charge is -2.33. The average Bonchev–Trinajstić information content (AvgIpc) is 2.96. The molecule has 1 aliphatic carbocycles. The molecule has 2 aromatic rings. The van der Waals surface area contributed by atoms with Crippen molar-refractivity contribution < 1.29 is 4.79 Å². The van der Waals surface area contributed by atoms with E-state index in [1.807, 2.05) is 12.1 Å². The molecule has 3 nitrogen and oxygen atoms in total. The highest BCUT2D eigenvalue weighted by molar-refractivity contribution is 7.14. The Balaban J connectivity index is 1.66. The largest absolute Gasteiger partial charge is 0.347 e. The topological polar surface area (TPSA) is 42.0 Å². The maximum absolute atomic E-state index is 12.4. The second-order valence-corrected chi connectivity index (χ2v) is 8.55. The molecule has 1 amide bonds. The minimum absolute atomic E-state index is 0.0283. The SMILES string of the molecule is CC(C)(C)C1CCc2sc(C(=O)NCc3cccnc3)cc2C1. The van der Waals surface area contributed by atoms with Gasteiger partial charge in [-0.1, -0.05) is 26.8 Å². The number of hydrogen-bond acceptors (Lipinski definition) is 3. The molecule has 0 bridgehead atoms. The molecule has 0 aliphatic heterocycles. The van der Waals surface area contributed by atoms with Gasteiger partial charge in [-0.05, 0) is 53.9 Å². The van der Waals surface area contributed by atoms with Gasteiger partial charge in [0.15, 0.2) is 0 Å². The van der Waals surface area contributed by atoms with E-state index in [-0.39, 0.29) is 5.91 Å². The van der Waals surface area contributed by atoms with Crippen molar-refractivity contribution in [3.63, 3.8) is 0 Å². The van der Waals surface area contributed by atoms with E-state index in [9.17, 15) is 4.79 Å². The molecule has 2 heterocycles. The first-order chi connectivity index (χ1) is 10.9. The summed E-state index contributed by atoms with van der Waals surface area (Å²) in [6, 6.07) is 5.97. The average molecular weight is 328 g/mol. The first kappa shape index (κ1) is 16.2. The molecule has 1 atom stereocenters. The Morgan fingerprint density at radius 3 is 2.96 bits per heavy atom. The molecule has 122 valence electrons. The van der Waals surface area contributed by atoms with Crippen molar-refractivity contribution in [2.45, 2.75) is 46.6 Å². The number of nitrogens with zero attached hydrogens (tertiary/aromatic N) is 1. The van der Waals surface area contributed by atoms with Crippen molar-refractivity contribution in [1.29, 1.82) is 0 Å². The van der Waals surface area contributed by atoms with E-state index in [0.29, 0.717) is 17.9 Å². The molecule has 4 heteroatoms. The smallest absolute Gasteiger partial charge is 0.261 e. The van der Waals surface area contributed by atoms with Crippen LogP contribution in [0.3, 0.4) is 0 Å². The minimum Gasteiger partial charge on any atom is -0.347 e. The van der Waals surface area contributed by atoms with Crippen molar-refractivity contribution in [2.75, 3.05) is 0 Å². The van der Waals surface area contributed by atoms with E-state index in [4.69, 9.17) is 0 Å². The van der Waals surface area contributed by atoms with E-state index in [2.05, 4.69) is 37.1 Å². The summed E-state index contributed by atoms with van der Waals surface area (Å²) in [6.07, 6.45) is 6.97. The van der Waals surface area contributed by atoms with E-state index in [1.54, 1.807) is 23.7 Å². The summed E-state index contributed by atoms with van der Waals surface area (Å²) in [5.74, 6) is 0.733. The number of pyridine rings is 1. The van der Waals surface area contributed by atoms with Crippen molar-refractivity contribution in [2.24, 2.45) is 11.3 Å². The predicted molar refractivity (Wildman–Crippen MR) is 94.7 cm³/mol. The highest BCUT2D eigenvalue weighted by atomic mass is 32.1. The molecule has 0 saturated carbocycles. The molecule has 1 N–H and O–H groups in total. The highest BCUT2D eigenvalue weighted by Gasteiger charge is 2.30. The zero-order valence-corrected chi connectivity index (χ0v) is 14.9. The van der Waals surface area contributed by atoms with Crippen LogP contribution in [0.5, 0.6) is 0 Å². The molecule has 2 aromatic heterocycles. The van der Waals surface area contributed by atoms with Gasteiger partial charge in [0.2, 0.25) is 0 Å².